The van der Waals surface area contributed by atoms with Gasteiger partial charge in [0.05, 0.1) is 47.5 Å². The largest absolute Gasteiger partial charge is 0.468 e. The van der Waals surface area contributed by atoms with Gasteiger partial charge in [-0.1, -0.05) is 0 Å². The zero-order valence-corrected chi connectivity index (χ0v) is 14.5. The minimum Gasteiger partial charge on any atom is -0.468 e. The van der Waals surface area contributed by atoms with Gasteiger partial charge in [0.25, 0.3) is 0 Å². The van der Waals surface area contributed by atoms with Gasteiger partial charge >= 0.3 is 17.9 Å². The van der Waals surface area contributed by atoms with Crippen LogP contribution >= 0.6 is 0 Å². The Bertz CT molecular complexity index is 366. The lowest BCUT2D eigenvalue weighted by molar-refractivity contribution is -0.147. The Morgan fingerprint density at radius 2 is 1.04 bits per heavy atom. The Morgan fingerprint density at radius 3 is 1.33 bits per heavy atom. The first-order valence-corrected chi connectivity index (χ1v) is 7.22. The third-order valence-corrected chi connectivity index (χ3v) is 3.12. The van der Waals surface area contributed by atoms with Crippen LogP contribution in [0.5, 0.6) is 0 Å². The predicted octanol–water partition coefficient (Wildman–Crippen LogP) is -2.14. The second-order valence-corrected chi connectivity index (χ2v) is 4.82. The van der Waals surface area contributed by atoms with E-state index in [4.69, 9.17) is 0 Å². The molecule has 10 nitrogen and oxygen atoms in total. The summed E-state index contributed by atoms with van der Waals surface area (Å²) in [4.78, 5) is 48.8. The van der Waals surface area contributed by atoms with E-state index < -0.39 is 17.9 Å². The van der Waals surface area contributed by atoms with E-state index in [-0.39, 0.29) is 45.2 Å². The first-order chi connectivity index (χ1) is 11.4. The smallest absolute Gasteiger partial charge is 0.319 e. The lowest BCUT2D eigenvalue weighted by Gasteiger charge is -2.25. The maximum atomic E-state index is 11.5. The molecule has 1 N–H and O–H groups in total. The summed E-state index contributed by atoms with van der Waals surface area (Å²) >= 11 is 0. The van der Waals surface area contributed by atoms with Crippen molar-refractivity contribution in [1.82, 2.24) is 15.1 Å². The normalized spacial score (nSPS) is 10.4. The third kappa shape index (κ3) is 9.74. The van der Waals surface area contributed by atoms with Crippen LogP contribution in [0.4, 0.5) is 0 Å². The number of methoxy groups -OCH3 is 3. The van der Waals surface area contributed by atoms with Crippen molar-refractivity contribution in [3.8, 4) is 0 Å². The molecule has 0 aliphatic heterocycles. The van der Waals surface area contributed by atoms with Gasteiger partial charge in [-0.15, -0.1) is 0 Å². The number of carbonyl (C=O) groups excluding carboxylic acids is 4. The summed E-state index contributed by atoms with van der Waals surface area (Å²) in [5.41, 5.74) is 0. The zero-order chi connectivity index (χ0) is 18.5. The summed E-state index contributed by atoms with van der Waals surface area (Å²) in [5, 5.41) is 2.46. The van der Waals surface area contributed by atoms with Crippen molar-refractivity contribution in [3.63, 3.8) is 0 Å². The molecule has 0 aromatic heterocycles. The fourth-order valence-corrected chi connectivity index (χ4v) is 1.73. The molecular formula is C14H25N3O7. The average molecular weight is 347 g/mol. The molecule has 0 fully saturated rings. The highest BCUT2D eigenvalue weighted by Crippen LogP contribution is 1.96. The number of ether oxygens (including phenoxy) is 3. The molecule has 0 saturated carbocycles. The fraction of sp³-hybridized carbons (Fsp3) is 0.714. The Kier molecular flexibility index (Phi) is 11.1. The third-order valence-electron chi connectivity index (χ3n) is 3.12. The van der Waals surface area contributed by atoms with Gasteiger partial charge in [0.1, 0.15) is 0 Å². The maximum absolute atomic E-state index is 11.5. The van der Waals surface area contributed by atoms with Gasteiger partial charge in [0.15, 0.2) is 0 Å². The second kappa shape index (κ2) is 12.3. The van der Waals surface area contributed by atoms with Crippen LogP contribution in [0.2, 0.25) is 0 Å². The molecule has 0 atom stereocenters. The number of carbonyl (C=O) groups is 4. The van der Waals surface area contributed by atoms with E-state index in [1.807, 2.05) is 0 Å². The van der Waals surface area contributed by atoms with Crippen molar-refractivity contribution in [2.24, 2.45) is 0 Å². The Balaban J connectivity index is 4.78. The molecule has 0 aromatic carbocycles. The number of esters is 3. The molecule has 0 spiro atoms. The molecular weight excluding hydrogens is 322 g/mol. The number of nitrogens with one attached hydrogen (secondary N) is 1. The van der Waals surface area contributed by atoms with Gasteiger partial charge in [-0.05, 0) is 0 Å². The van der Waals surface area contributed by atoms with E-state index >= 15 is 0 Å². The Morgan fingerprint density at radius 1 is 0.708 bits per heavy atom. The molecule has 1 amide bonds. The SMILES string of the molecule is CNC(=O)CN(CCN(CC(=O)OC)CC(=O)OC)CC(=O)OC. The lowest BCUT2D eigenvalue weighted by Crippen LogP contribution is -2.45. The van der Waals surface area contributed by atoms with E-state index in [9.17, 15) is 19.2 Å². The lowest BCUT2D eigenvalue weighted by atomic mass is 10.3. The van der Waals surface area contributed by atoms with Gasteiger partial charge in [0, 0.05) is 20.1 Å². The van der Waals surface area contributed by atoms with Crippen molar-refractivity contribution in [3.05, 3.63) is 0 Å². The summed E-state index contributed by atoms with van der Waals surface area (Å²) in [6, 6.07) is 0. The van der Waals surface area contributed by atoms with E-state index in [0.29, 0.717) is 0 Å². The molecule has 0 heterocycles. The summed E-state index contributed by atoms with van der Waals surface area (Å²) in [5.74, 6) is -1.78. The Hall–Kier alpha value is -2.20. The monoisotopic (exact) mass is 347 g/mol. The molecule has 0 unspecified atom stereocenters. The van der Waals surface area contributed by atoms with E-state index in [0.717, 1.165) is 0 Å². The van der Waals surface area contributed by atoms with Crippen molar-refractivity contribution in [2.75, 3.05) is 67.6 Å². The number of rotatable bonds is 11. The summed E-state index contributed by atoms with van der Waals surface area (Å²) in [6.07, 6.45) is 0. The number of likely N-dealkylation sites (N-methyl/N-ethyl adjacent to an activating group) is 1. The topological polar surface area (TPSA) is 114 Å². The quantitative estimate of drug-likeness (QED) is 0.330. The highest BCUT2D eigenvalue weighted by Gasteiger charge is 2.19. The predicted molar refractivity (Wildman–Crippen MR) is 83.0 cm³/mol. The molecule has 0 aliphatic carbocycles. The highest BCUT2D eigenvalue weighted by molar-refractivity contribution is 5.79. The molecule has 0 rings (SSSR count). The second-order valence-electron chi connectivity index (χ2n) is 4.82. The molecule has 0 bridgehead atoms. The van der Waals surface area contributed by atoms with Gasteiger partial charge in [-0.2, -0.15) is 0 Å². The van der Waals surface area contributed by atoms with E-state index in [2.05, 4.69) is 19.5 Å². The van der Waals surface area contributed by atoms with Crippen molar-refractivity contribution >= 4 is 23.8 Å². The van der Waals surface area contributed by atoms with Gasteiger partial charge in [0.2, 0.25) is 5.91 Å². The van der Waals surface area contributed by atoms with Crippen LogP contribution in [0.1, 0.15) is 0 Å². The standard InChI is InChI=1S/C14H25N3O7/c1-15-11(18)7-16(8-12(19)22-2)5-6-17(9-13(20)23-3)10-14(21)24-4/h5-10H2,1-4H3,(H,15,18). The molecule has 0 saturated heterocycles. The highest BCUT2D eigenvalue weighted by atomic mass is 16.5. The first-order valence-electron chi connectivity index (χ1n) is 7.22. The van der Waals surface area contributed by atoms with Crippen LogP contribution in [0.25, 0.3) is 0 Å². The van der Waals surface area contributed by atoms with Crippen LogP contribution in [0.3, 0.4) is 0 Å². The van der Waals surface area contributed by atoms with Crippen LogP contribution < -0.4 is 5.32 Å². The van der Waals surface area contributed by atoms with Crippen LogP contribution in [0, 0.1) is 0 Å². The number of amides is 1. The van der Waals surface area contributed by atoms with E-state index in [1.54, 1.807) is 4.90 Å². The van der Waals surface area contributed by atoms with Crippen LogP contribution in [-0.4, -0.2) is 101 Å². The van der Waals surface area contributed by atoms with Gasteiger partial charge in [-0.25, -0.2) is 0 Å². The summed E-state index contributed by atoms with van der Waals surface area (Å²) in [7, 11) is 5.22. The van der Waals surface area contributed by atoms with Crippen molar-refractivity contribution in [2.45, 2.75) is 0 Å². The molecule has 24 heavy (non-hydrogen) atoms. The van der Waals surface area contributed by atoms with Gasteiger partial charge in [-0.3, -0.25) is 29.0 Å². The minimum absolute atomic E-state index is 0.0180. The zero-order valence-electron chi connectivity index (χ0n) is 14.5. The average Bonchev–Trinajstić information content (AvgIpc) is 2.58. The van der Waals surface area contributed by atoms with Crippen molar-refractivity contribution < 1.29 is 33.4 Å². The number of hydrogen-bond acceptors (Lipinski definition) is 9. The minimum atomic E-state index is -0.510. The maximum Gasteiger partial charge on any atom is 0.319 e. The molecule has 0 radical (unpaired) electrons. The molecule has 138 valence electrons. The summed E-state index contributed by atoms with van der Waals surface area (Å²) < 4.78 is 13.8. The first kappa shape index (κ1) is 21.8. The Labute approximate surface area is 141 Å². The molecule has 0 aliphatic rings. The summed E-state index contributed by atoms with van der Waals surface area (Å²) in [6.45, 7) is 0.175. The van der Waals surface area contributed by atoms with Crippen molar-refractivity contribution in [1.29, 1.82) is 0 Å². The van der Waals surface area contributed by atoms with Crippen LogP contribution in [0.15, 0.2) is 0 Å². The van der Waals surface area contributed by atoms with E-state index in [1.165, 1.54) is 33.3 Å². The number of nitrogens with zero attached hydrogens (tertiary/aromatic N) is 2. The molecule has 10 heteroatoms. The van der Waals surface area contributed by atoms with Crippen LogP contribution in [-0.2, 0) is 33.4 Å². The molecule has 0 aromatic rings. The number of hydrogen-bond donors (Lipinski definition) is 1. The van der Waals surface area contributed by atoms with Gasteiger partial charge < -0.3 is 19.5 Å². The fourth-order valence-electron chi connectivity index (χ4n) is 1.73.